The van der Waals surface area contributed by atoms with Crippen molar-refractivity contribution < 1.29 is 118 Å². The van der Waals surface area contributed by atoms with E-state index in [0.29, 0.717) is 17.3 Å². The summed E-state index contributed by atoms with van der Waals surface area (Å²) in [7, 11) is 0. The van der Waals surface area contributed by atoms with Gasteiger partial charge in [-0.3, -0.25) is 0 Å². The number of hydrogen-bond donors (Lipinski definition) is 3. The molecular formula is C18H27N6Na3O6S3. The van der Waals surface area contributed by atoms with Crippen molar-refractivity contribution in [2.24, 2.45) is 0 Å². The molecule has 0 saturated heterocycles. The van der Waals surface area contributed by atoms with Gasteiger partial charge in [-0.05, 0) is 55.3 Å². The molecule has 3 atom stereocenters. The van der Waals surface area contributed by atoms with Crippen LogP contribution >= 0.6 is 35.3 Å². The Hall–Kier alpha value is 0.870. The molecule has 0 aliphatic heterocycles. The van der Waals surface area contributed by atoms with Gasteiger partial charge in [0.25, 0.3) is 0 Å². The molecule has 1 aromatic rings. The van der Waals surface area contributed by atoms with Crippen molar-refractivity contribution in [3.63, 3.8) is 0 Å². The van der Waals surface area contributed by atoms with Gasteiger partial charge in [0.15, 0.2) is 0 Å². The molecule has 1 rings (SSSR count). The molecule has 1 aromatic heterocycles. The van der Waals surface area contributed by atoms with Gasteiger partial charge in [0, 0.05) is 0 Å². The predicted molar refractivity (Wildman–Crippen MR) is 126 cm³/mol. The van der Waals surface area contributed by atoms with Crippen LogP contribution in [0.1, 0.15) is 19.3 Å². The zero-order chi connectivity index (χ0) is 24.8. The van der Waals surface area contributed by atoms with E-state index >= 15 is 0 Å². The van der Waals surface area contributed by atoms with Crippen molar-refractivity contribution in [2.75, 3.05) is 52.0 Å². The summed E-state index contributed by atoms with van der Waals surface area (Å²) in [5, 5.41) is 42.4. The number of carbonyl (C=O) groups is 3. The summed E-state index contributed by atoms with van der Waals surface area (Å²) >= 11 is 4.34. The maximum atomic E-state index is 11.5. The largest absolute Gasteiger partial charge is 1.00 e. The number of nitrogens with one attached hydrogen (secondary N) is 3. The summed E-state index contributed by atoms with van der Waals surface area (Å²) < 4.78 is 0. The fourth-order valence-corrected chi connectivity index (χ4v) is 3.91. The summed E-state index contributed by atoms with van der Waals surface area (Å²) in [4.78, 5) is 46.6. The number of aromatic nitrogens is 3. The van der Waals surface area contributed by atoms with E-state index in [2.05, 4.69) is 30.9 Å². The fraction of sp³-hybridized carbons (Fsp3) is 0.667. The Labute approximate surface area is 290 Å². The zero-order valence-electron chi connectivity index (χ0n) is 21.5. The van der Waals surface area contributed by atoms with Crippen LogP contribution in [0.2, 0.25) is 0 Å². The van der Waals surface area contributed by atoms with Gasteiger partial charge in [-0.2, -0.15) is 50.2 Å². The van der Waals surface area contributed by atoms with Crippen LogP contribution in [-0.2, 0) is 14.4 Å². The second-order valence-electron chi connectivity index (χ2n) is 6.70. The van der Waals surface area contributed by atoms with Crippen molar-refractivity contribution in [2.45, 2.75) is 37.4 Å². The molecule has 186 valence electrons. The summed E-state index contributed by atoms with van der Waals surface area (Å²) in [6.45, 7) is 0. The topological polar surface area (TPSA) is 195 Å². The summed E-state index contributed by atoms with van der Waals surface area (Å²) in [6.07, 6.45) is 6.11. The number of aliphatic carboxylic acids is 3. The van der Waals surface area contributed by atoms with Gasteiger partial charge in [-0.15, -0.1) is 0 Å². The second-order valence-corrected chi connectivity index (χ2v) is 9.66. The number of anilines is 3. The normalized spacial score (nSPS) is 12.4. The SMILES string of the molecule is CSCCC(Nc1nc(NC(CCSC)C(=O)[O-])nc(NC(CCSC)C(=O)[O-])n1)C(=O)[O-].[Na+].[Na+].[Na+]. The Balaban J connectivity index is -0.00000363. The van der Waals surface area contributed by atoms with Crippen molar-refractivity contribution in [1.29, 1.82) is 0 Å². The van der Waals surface area contributed by atoms with Crippen LogP contribution in [0.25, 0.3) is 0 Å². The summed E-state index contributed by atoms with van der Waals surface area (Å²) in [5.74, 6) is -3.09. The first-order valence-corrected chi connectivity index (χ1v) is 14.0. The molecule has 0 spiro atoms. The molecule has 0 aromatic carbocycles. The van der Waals surface area contributed by atoms with Gasteiger partial charge in [0.1, 0.15) is 0 Å². The molecule has 0 amide bonds. The maximum absolute atomic E-state index is 11.5. The van der Waals surface area contributed by atoms with Gasteiger partial charge in [-0.25, -0.2) is 0 Å². The van der Waals surface area contributed by atoms with Crippen LogP contribution in [0.4, 0.5) is 17.8 Å². The van der Waals surface area contributed by atoms with Crippen LogP contribution < -0.4 is 120 Å². The minimum atomic E-state index is -1.37. The first kappa shape index (κ1) is 41.4. The van der Waals surface area contributed by atoms with Crippen LogP contribution in [0.5, 0.6) is 0 Å². The molecule has 0 radical (unpaired) electrons. The third-order valence-corrected chi connectivity index (χ3v) is 6.16. The van der Waals surface area contributed by atoms with Gasteiger partial charge in [-0.1, -0.05) is 0 Å². The van der Waals surface area contributed by atoms with E-state index in [0.717, 1.165) is 0 Å². The molecule has 18 heteroatoms. The van der Waals surface area contributed by atoms with E-state index in [9.17, 15) is 29.7 Å². The Morgan fingerprint density at radius 2 is 0.833 bits per heavy atom. The summed E-state index contributed by atoms with van der Waals surface area (Å²) in [5.41, 5.74) is 0. The van der Waals surface area contributed by atoms with E-state index in [1.807, 2.05) is 18.8 Å². The average molecular weight is 589 g/mol. The first-order chi connectivity index (χ1) is 15.7. The van der Waals surface area contributed by atoms with Crippen LogP contribution in [-0.4, -0.2) is 87.0 Å². The minimum Gasteiger partial charge on any atom is -0.548 e. The molecule has 0 saturated carbocycles. The quantitative estimate of drug-likeness (QED) is 0.137. The van der Waals surface area contributed by atoms with E-state index in [1.165, 1.54) is 35.3 Å². The average Bonchev–Trinajstić information content (AvgIpc) is 2.76. The van der Waals surface area contributed by atoms with Crippen molar-refractivity contribution in [3.8, 4) is 0 Å². The molecule has 0 bridgehead atoms. The molecule has 0 aliphatic carbocycles. The smallest absolute Gasteiger partial charge is 0.548 e. The molecule has 3 N–H and O–H groups in total. The number of carboxylic acids is 3. The van der Waals surface area contributed by atoms with Crippen LogP contribution in [0, 0.1) is 0 Å². The third-order valence-electron chi connectivity index (χ3n) is 4.23. The van der Waals surface area contributed by atoms with E-state index in [1.54, 1.807) is 0 Å². The van der Waals surface area contributed by atoms with E-state index in [4.69, 9.17) is 0 Å². The van der Waals surface area contributed by atoms with Crippen molar-refractivity contribution in [1.82, 2.24) is 15.0 Å². The van der Waals surface area contributed by atoms with Crippen molar-refractivity contribution >= 4 is 71.0 Å². The molecular weight excluding hydrogens is 561 g/mol. The zero-order valence-corrected chi connectivity index (χ0v) is 29.9. The standard InChI is InChI=1S/C18H30N6O6S3.3Na/c1-31-7-4-10(13(25)26)19-16-22-17(20-11(14(27)28)5-8-32-2)24-18(23-16)21-12(15(29)30)6-9-33-3;;;/h10-12H,4-9H2,1-3H3,(H,25,26)(H,27,28)(H,29,30)(H3,19,20,21,22,23,24);;;/q;3*+1/p-3. The number of carbonyl (C=O) groups excluding carboxylic acids is 3. The van der Waals surface area contributed by atoms with Gasteiger partial charge >= 0.3 is 88.7 Å². The van der Waals surface area contributed by atoms with Crippen LogP contribution in [0.15, 0.2) is 0 Å². The van der Waals surface area contributed by atoms with Gasteiger partial charge in [0.05, 0.1) is 36.0 Å². The van der Waals surface area contributed by atoms with E-state index < -0.39 is 36.0 Å². The molecule has 12 nitrogen and oxygen atoms in total. The first-order valence-electron chi connectivity index (χ1n) is 9.86. The number of hydrogen-bond acceptors (Lipinski definition) is 15. The van der Waals surface area contributed by atoms with Gasteiger partial charge in [0.2, 0.25) is 17.8 Å². The van der Waals surface area contributed by atoms with Crippen LogP contribution in [0.3, 0.4) is 0 Å². The van der Waals surface area contributed by atoms with Gasteiger partial charge < -0.3 is 45.7 Å². The number of nitrogens with zero attached hydrogens (tertiary/aromatic N) is 3. The molecule has 1 heterocycles. The Kier molecular flexibility index (Phi) is 27.3. The van der Waals surface area contributed by atoms with E-state index in [-0.39, 0.29) is 126 Å². The minimum absolute atomic E-state index is 0. The molecule has 36 heavy (non-hydrogen) atoms. The monoisotopic (exact) mass is 588 g/mol. The third kappa shape index (κ3) is 16.7. The molecule has 3 unspecified atom stereocenters. The molecule has 0 aliphatic rings. The predicted octanol–water partition coefficient (Wildman–Crippen LogP) is -11.3. The second kappa shape index (κ2) is 23.7. The van der Waals surface area contributed by atoms with Crippen molar-refractivity contribution in [3.05, 3.63) is 0 Å². The molecule has 0 fully saturated rings. The maximum Gasteiger partial charge on any atom is 1.00 e. The summed E-state index contributed by atoms with van der Waals surface area (Å²) in [6, 6.07) is -3.37. The number of rotatable bonds is 18. The number of thioether (sulfide) groups is 3. The Morgan fingerprint density at radius 1 is 0.611 bits per heavy atom. The Bertz CT molecular complexity index is 693. The number of carboxylic acid groups (broad SMARTS) is 3. The Morgan fingerprint density at radius 3 is 1.00 bits per heavy atom. The fourth-order valence-electron chi connectivity index (χ4n) is 2.49.